The van der Waals surface area contributed by atoms with Gasteiger partial charge in [-0.2, -0.15) is 0 Å². The van der Waals surface area contributed by atoms with E-state index in [0.29, 0.717) is 11.6 Å². The summed E-state index contributed by atoms with van der Waals surface area (Å²) >= 11 is 0. The van der Waals surface area contributed by atoms with Crippen molar-refractivity contribution in [2.24, 2.45) is 0 Å². The first-order chi connectivity index (χ1) is 7.93. The Labute approximate surface area is 91.3 Å². The SMILES string of the molecule is C1=COC(c2ccc(-c3ncco3)nc2)O1. The highest BCUT2D eigenvalue weighted by atomic mass is 16.7. The van der Waals surface area contributed by atoms with E-state index in [1.807, 2.05) is 12.1 Å². The molecule has 0 saturated heterocycles. The average Bonchev–Trinajstić information content (AvgIpc) is 3.03. The molecule has 2 aromatic rings. The van der Waals surface area contributed by atoms with E-state index >= 15 is 0 Å². The Kier molecular flexibility index (Phi) is 2.07. The minimum atomic E-state index is -0.397. The zero-order chi connectivity index (χ0) is 10.8. The lowest BCUT2D eigenvalue weighted by Gasteiger charge is -2.09. The highest BCUT2D eigenvalue weighted by Gasteiger charge is 2.16. The third kappa shape index (κ3) is 1.52. The fourth-order valence-electron chi connectivity index (χ4n) is 1.42. The first-order valence-corrected chi connectivity index (χ1v) is 4.75. The normalized spacial score (nSPS) is 14.8. The van der Waals surface area contributed by atoms with Gasteiger partial charge in [0.15, 0.2) is 0 Å². The number of hydrogen-bond acceptors (Lipinski definition) is 5. The van der Waals surface area contributed by atoms with Gasteiger partial charge in [-0.3, -0.25) is 4.98 Å². The van der Waals surface area contributed by atoms with E-state index in [0.717, 1.165) is 5.56 Å². The van der Waals surface area contributed by atoms with E-state index in [-0.39, 0.29) is 0 Å². The molecule has 1 aliphatic rings. The highest BCUT2D eigenvalue weighted by Crippen LogP contribution is 2.24. The maximum Gasteiger partial charge on any atom is 0.267 e. The van der Waals surface area contributed by atoms with Gasteiger partial charge in [-0.25, -0.2) is 4.98 Å². The number of rotatable bonds is 2. The molecule has 0 aromatic carbocycles. The van der Waals surface area contributed by atoms with Crippen molar-refractivity contribution in [1.82, 2.24) is 9.97 Å². The van der Waals surface area contributed by atoms with Crippen LogP contribution in [0, 0.1) is 0 Å². The molecule has 0 N–H and O–H groups in total. The van der Waals surface area contributed by atoms with Gasteiger partial charge in [0.2, 0.25) is 5.89 Å². The largest absolute Gasteiger partial charge is 0.455 e. The molecule has 0 atom stereocenters. The summed E-state index contributed by atoms with van der Waals surface area (Å²) in [6.07, 6.45) is 7.39. The van der Waals surface area contributed by atoms with Gasteiger partial charge >= 0.3 is 0 Å². The van der Waals surface area contributed by atoms with Crippen LogP contribution in [0.4, 0.5) is 0 Å². The van der Waals surface area contributed by atoms with E-state index in [2.05, 4.69) is 9.97 Å². The summed E-state index contributed by atoms with van der Waals surface area (Å²) in [6.45, 7) is 0. The molecule has 0 spiro atoms. The van der Waals surface area contributed by atoms with Crippen LogP contribution in [0.3, 0.4) is 0 Å². The topological polar surface area (TPSA) is 57.4 Å². The average molecular weight is 216 g/mol. The number of nitrogens with zero attached hydrogens (tertiary/aromatic N) is 2. The van der Waals surface area contributed by atoms with Crippen LogP contribution in [0.5, 0.6) is 0 Å². The Bertz CT molecular complexity index is 482. The maximum atomic E-state index is 5.19. The number of ether oxygens (including phenoxy) is 2. The fourth-order valence-corrected chi connectivity index (χ4v) is 1.42. The summed E-state index contributed by atoms with van der Waals surface area (Å²) < 4.78 is 15.5. The standard InChI is InChI=1S/C11H8N2O3/c1-2-9(10-12-3-4-14-10)13-7-8(1)11-15-5-6-16-11/h1-7,11H. The smallest absolute Gasteiger partial charge is 0.267 e. The van der Waals surface area contributed by atoms with Crippen LogP contribution in [0.2, 0.25) is 0 Å². The molecule has 5 heteroatoms. The second-order valence-corrected chi connectivity index (χ2v) is 3.19. The van der Waals surface area contributed by atoms with Crippen molar-refractivity contribution < 1.29 is 13.9 Å². The van der Waals surface area contributed by atoms with Gasteiger partial charge in [0.25, 0.3) is 6.29 Å². The Morgan fingerprint density at radius 3 is 2.56 bits per heavy atom. The van der Waals surface area contributed by atoms with Crippen LogP contribution in [-0.2, 0) is 9.47 Å². The van der Waals surface area contributed by atoms with Gasteiger partial charge in [-0.15, -0.1) is 0 Å². The Morgan fingerprint density at radius 2 is 1.94 bits per heavy atom. The third-order valence-electron chi connectivity index (χ3n) is 2.17. The minimum Gasteiger partial charge on any atom is -0.455 e. The second kappa shape index (κ2) is 3.69. The number of aromatic nitrogens is 2. The van der Waals surface area contributed by atoms with Gasteiger partial charge in [0.05, 0.1) is 11.8 Å². The minimum absolute atomic E-state index is 0.397. The van der Waals surface area contributed by atoms with Gasteiger partial charge in [0, 0.05) is 6.20 Å². The van der Waals surface area contributed by atoms with Crippen molar-refractivity contribution in [3.8, 4) is 11.6 Å². The second-order valence-electron chi connectivity index (χ2n) is 3.19. The summed E-state index contributed by atoms with van der Waals surface area (Å²) in [5.41, 5.74) is 1.53. The van der Waals surface area contributed by atoms with Crippen LogP contribution in [-0.4, -0.2) is 9.97 Å². The molecule has 3 heterocycles. The molecule has 2 aromatic heterocycles. The molecular weight excluding hydrogens is 208 g/mol. The molecule has 0 fully saturated rings. The molecule has 0 aliphatic carbocycles. The van der Waals surface area contributed by atoms with Gasteiger partial charge < -0.3 is 13.9 Å². The molecule has 0 radical (unpaired) electrons. The van der Waals surface area contributed by atoms with E-state index in [4.69, 9.17) is 13.9 Å². The lowest BCUT2D eigenvalue weighted by Crippen LogP contribution is -1.98. The predicted molar refractivity (Wildman–Crippen MR) is 53.8 cm³/mol. The van der Waals surface area contributed by atoms with Gasteiger partial charge in [-0.05, 0) is 12.1 Å². The van der Waals surface area contributed by atoms with E-state index in [1.165, 1.54) is 18.8 Å². The quantitative estimate of drug-likeness (QED) is 0.770. The molecule has 80 valence electrons. The summed E-state index contributed by atoms with van der Waals surface area (Å²) in [7, 11) is 0. The molecule has 0 bridgehead atoms. The summed E-state index contributed by atoms with van der Waals surface area (Å²) in [5.74, 6) is 0.498. The lowest BCUT2D eigenvalue weighted by atomic mass is 10.2. The van der Waals surface area contributed by atoms with Crippen molar-refractivity contribution >= 4 is 0 Å². The van der Waals surface area contributed by atoms with E-state index in [1.54, 1.807) is 12.4 Å². The number of pyridine rings is 1. The Morgan fingerprint density at radius 1 is 1.06 bits per heavy atom. The monoisotopic (exact) mass is 216 g/mol. The first-order valence-electron chi connectivity index (χ1n) is 4.75. The summed E-state index contributed by atoms with van der Waals surface area (Å²) in [5, 5.41) is 0. The highest BCUT2D eigenvalue weighted by molar-refractivity contribution is 5.46. The molecule has 5 nitrogen and oxygen atoms in total. The van der Waals surface area contributed by atoms with Crippen molar-refractivity contribution in [2.45, 2.75) is 6.29 Å². The lowest BCUT2D eigenvalue weighted by molar-refractivity contribution is -0.0248. The van der Waals surface area contributed by atoms with Crippen LogP contribution < -0.4 is 0 Å². The van der Waals surface area contributed by atoms with E-state index < -0.39 is 6.29 Å². The number of oxazole rings is 1. The van der Waals surface area contributed by atoms with Crippen molar-refractivity contribution in [1.29, 1.82) is 0 Å². The van der Waals surface area contributed by atoms with Crippen molar-refractivity contribution in [2.75, 3.05) is 0 Å². The first kappa shape index (κ1) is 8.96. The van der Waals surface area contributed by atoms with Crippen molar-refractivity contribution in [3.63, 3.8) is 0 Å². The van der Waals surface area contributed by atoms with Crippen LogP contribution in [0.1, 0.15) is 11.9 Å². The third-order valence-corrected chi connectivity index (χ3v) is 2.17. The summed E-state index contributed by atoms with van der Waals surface area (Å²) in [4.78, 5) is 8.23. The molecule has 0 unspecified atom stereocenters. The Balaban J connectivity index is 1.85. The van der Waals surface area contributed by atoms with Crippen molar-refractivity contribution in [3.05, 3.63) is 48.9 Å². The Hall–Kier alpha value is -2.30. The summed E-state index contributed by atoms with van der Waals surface area (Å²) in [6, 6.07) is 3.68. The fraction of sp³-hybridized carbons (Fsp3) is 0.0909. The predicted octanol–water partition coefficient (Wildman–Crippen LogP) is 2.25. The van der Waals surface area contributed by atoms with Gasteiger partial charge in [-0.1, -0.05) is 0 Å². The van der Waals surface area contributed by atoms with Crippen LogP contribution in [0.15, 0.2) is 47.7 Å². The zero-order valence-electron chi connectivity index (χ0n) is 8.24. The zero-order valence-corrected chi connectivity index (χ0v) is 8.24. The molecule has 16 heavy (non-hydrogen) atoms. The molecule has 1 aliphatic heterocycles. The molecular formula is C11H8N2O3. The molecule has 0 saturated carbocycles. The van der Waals surface area contributed by atoms with Crippen LogP contribution in [0.25, 0.3) is 11.6 Å². The van der Waals surface area contributed by atoms with E-state index in [9.17, 15) is 0 Å². The maximum absolute atomic E-state index is 5.19. The van der Waals surface area contributed by atoms with Gasteiger partial charge in [0.1, 0.15) is 24.5 Å². The number of hydrogen-bond donors (Lipinski definition) is 0. The van der Waals surface area contributed by atoms with Crippen LogP contribution >= 0.6 is 0 Å². The molecule has 3 rings (SSSR count). The molecule has 0 amide bonds.